The average molecular weight is 275 g/mol. The molecule has 0 aromatic rings. The van der Waals surface area contributed by atoms with Crippen molar-refractivity contribution < 1.29 is 19.4 Å². The SMILES string of the molecule is COCCSCC(=O)N1CCCC(C)(C(=O)O)C1. The van der Waals surface area contributed by atoms with Gasteiger partial charge in [0.15, 0.2) is 0 Å². The molecule has 1 aliphatic heterocycles. The molecule has 1 fully saturated rings. The molecule has 6 heteroatoms. The van der Waals surface area contributed by atoms with Crippen LogP contribution in [0.25, 0.3) is 0 Å². The lowest BCUT2D eigenvalue weighted by Crippen LogP contribution is -2.48. The number of rotatable bonds is 6. The zero-order chi connectivity index (χ0) is 13.6. The number of thioether (sulfide) groups is 1. The molecule has 1 atom stereocenters. The topological polar surface area (TPSA) is 66.8 Å². The number of hydrogen-bond donors (Lipinski definition) is 1. The van der Waals surface area contributed by atoms with Crippen LogP contribution in [-0.2, 0) is 14.3 Å². The lowest BCUT2D eigenvalue weighted by molar-refractivity contribution is -0.153. The van der Waals surface area contributed by atoms with Crippen molar-refractivity contribution in [1.82, 2.24) is 4.90 Å². The van der Waals surface area contributed by atoms with E-state index in [9.17, 15) is 14.7 Å². The molecular formula is C12H21NO4S. The first-order chi connectivity index (χ1) is 8.49. The van der Waals surface area contributed by atoms with Gasteiger partial charge < -0.3 is 14.7 Å². The van der Waals surface area contributed by atoms with E-state index in [2.05, 4.69) is 0 Å². The van der Waals surface area contributed by atoms with Gasteiger partial charge in [0.05, 0.1) is 17.8 Å². The van der Waals surface area contributed by atoms with Crippen LogP contribution < -0.4 is 0 Å². The standard InChI is InChI=1S/C12H21NO4S/c1-12(11(15)16)4-3-5-13(9-12)10(14)8-18-7-6-17-2/h3-9H2,1-2H3,(H,15,16). The van der Waals surface area contributed by atoms with E-state index in [1.54, 1.807) is 18.9 Å². The number of methoxy groups -OCH3 is 1. The van der Waals surface area contributed by atoms with Gasteiger partial charge in [-0.3, -0.25) is 9.59 Å². The fourth-order valence-electron chi connectivity index (χ4n) is 2.02. The number of carbonyl (C=O) groups excluding carboxylic acids is 1. The molecule has 1 aliphatic rings. The number of carboxylic acids is 1. The molecule has 1 saturated heterocycles. The summed E-state index contributed by atoms with van der Waals surface area (Å²) in [6.45, 7) is 3.34. The molecule has 18 heavy (non-hydrogen) atoms. The normalized spacial score (nSPS) is 24.0. The summed E-state index contributed by atoms with van der Waals surface area (Å²) in [5.74, 6) is 0.404. The van der Waals surface area contributed by atoms with Crippen molar-refractivity contribution in [3.05, 3.63) is 0 Å². The predicted molar refractivity (Wildman–Crippen MR) is 70.8 cm³/mol. The highest BCUT2D eigenvalue weighted by molar-refractivity contribution is 7.99. The smallest absolute Gasteiger partial charge is 0.311 e. The Morgan fingerprint density at radius 1 is 1.50 bits per heavy atom. The zero-order valence-corrected chi connectivity index (χ0v) is 11.8. The summed E-state index contributed by atoms with van der Waals surface area (Å²) in [4.78, 5) is 24.8. The zero-order valence-electron chi connectivity index (χ0n) is 11.0. The first-order valence-corrected chi connectivity index (χ1v) is 7.23. The van der Waals surface area contributed by atoms with Gasteiger partial charge in [0.2, 0.25) is 5.91 Å². The van der Waals surface area contributed by atoms with E-state index in [4.69, 9.17) is 4.74 Å². The number of likely N-dealkylation sites (tertiary alicyclic amines) is 1. The van der Waals surface area contributed by atoms with E-state index in [1.807, 2.05) is 0 Å². The molecule has 0 spiro atoms. The number of carboxylic acid groups (broad SMARTS) is 1. The molecule has 104 valence electrons. The number of ether oxygens (including phenoxy) is 1. The molecule has 0 aromatic carbocycles. The van der Waals surface area contributed by atoms with Crippen LogP contribution in [-0.4, -0.2) is 60.2 Å². The van der Waals surface area contributed by atoms with Crippen molar-refractivity contribution in [3.8, 4) is 0 Å². The van der Waals surface area contributed by atoms with Crippen molar-refractivity contribution in [1.29, 1.82) is 0 Å². The van der Waals surface area contributed by atoms with E-state index < -0.39 is 11.4 Å². The monoisotopic (exact) mass is 275 g/mol. The minimum atomic E-state index is -0.813. The minimum absolute atomic E-state index is 0.0308. The molecule has 0 radical (unpaired) electrons. The average Bonchev–Trinajstić information content (AvgIpc) is 2.34. The Morgan fingerprint density at radius 2 is 2.22 bits per heavy atom. The van der Waals surface area contributed by atoms with E-state index in [0.717, 1.165) is 12.2 Å². The van der Waals surface area contributed by atoms with Gasteiger partial charge in [0.1, 0.15) is 0 Å². The predicted octanol–water partition coefficient (Wildman–Crippen LogP) is 1.08. The Hall–Kier alpha value is -0.750. The highest BCUT2D eigenvalue weighted by Gasteiger charge is 2.39. The number of carbonyl (C=O) groups is 2. The lowest BCUT2D eigenvalue weighted by atomic mass is 9.82. The second-order valence-electron chi connectivity index (χ2n) is 4.83. The van der Waals surface area contributed by atoms with E-state index >= 15 is 0 Å². The van der Waals surface area contributed by atoms with Crippen LogP contribution in [0.2, 0.25) is 0 Å². The fraction of sp³-hybridized carbons (Fsp3) is 0.833. The Bertz CT molecular complexity index is 310. The minimum Gasteiger partial charge on any atom is -0.481 e. The van der Waals surface area contributed by atoms with Gasteiger partial charge in [0.25, 0.3) is 0 Å². The number of aliphatic carboxylic acids is 1. The van der Waals surface area contributed by atoms with Gasteiger partial charge in [-0.25, -0.2) is 0 Å². The van der Waals surface area contributed by atoms with Crippen molar-refractivity contribution >= 4 is 23.6 Å². The van der Waals surface area contributed by atoms with Crippen LogP contribution >= 0.6 is 11.8 Å². The van der Waals surface area contributed by atoms with Crippen molar-refractivity contribution in [2.45, 2.75) is 19.8 Å². The van der Waals surface area contributed by atoms with Crippen LogP contribution in [0, 0.1) is 5.41 Å². The third kappa shape index (κ3) is 4.17. The molecule has 5 nitrogen and oxygen atoms in total. The summed E-state index contributed by atoms with van der Waals surface area (Å²) >= 11 is 1.52. The molecule has 0 aromatic heterocycles. The third-order valence-electron chi connectivity index (χ3n) is 3.22. The van der Waals surface area contributed by atoms with Gasteiger partial charge >= 0.3 is 5.97 Å². The second-order valence-corrected chi connectivity index (χ2v) is 5.94. The van der Waals surface area contributed by atoms with Crippen LogP contribution in [0.5, 0.6) is 0 Å². The number of hydrogen-bond acceptors (Lipinski definition) is 4. The summed E-state index contributed by atoms with van der Waals surface area (Å²) in [6.07, 6.45) is 1.40. The highest BCUT2D eigenvalue weighted by Crippen LogP contribution is 2.29. The molecule has 0 saturated carbocycles. The summed E-state index contributed by atoms with van der Waals surface area (Å²) in [6, 6.07) is 0. The quantitative estimate of drug-likeness (QED) is 0.735. The van der Waals surface area contributed by atoms with E-state index in [0.29, 0.717) is 31.9 Å². The molecule has 1 heterocycles. The fourth-order valence-corrected chi connectivity index (χ4v) is 2.81. The van der Waals surface area contributed by atoms with Crippen molar-refractivity contribution in [2.24, 2.45) is 5.41 Å². The maximum absolute atomic E-state index is 11.9. The van der Waals surface area contributed by atoms with Crippen LogP contribution in [0.3, 0.4) is 0 Å². The largest absolute Gasteiger partial charge is 0.481 e. The van der Waals surface area contributed by atoms with Crippen molar-refractivity contribution in [3.63, 3.8) is 0 Å². The van der Waals surface area contributed by atoms with Crippen molar-refractivity contribution in [2.75, 3.05) is 38.3 Å². The first kappa shape index (κ1) is 15.3. The van der Waals surface area contributed by atoms with Gasteiger partial charge in [-0.05, 0) is 19.8 Å². The Morgan fingerprint density at radius 3 is 2.83 bits per heavy atom. The van der Waals surface area contributed by atoms with Gasteiger partial charge in [0, 0.05) is 26.0 Å². The molecule has 0 aliphatic carbocycles. The second kappa shape index (κ2) is 6.99. The number of nitrogens with zero attached hydrogens (tertiary/aromatic N) is 1. The van der Waals surface area contributed by atoms with Crippen LogP contribution in [0.4, 0.5) is 0 Å². The van der Waals surface area contributed by atoms with Crippen LogP contribution in [0.1, 0.15) is 19.8 Å². The molecule has 1 amide bonds. The Balaban J connectivity index is 2.41. The van der Waals surface area contributed by atoms with E-state index in [-0.39, 0.29) is 5.91 Å². The summed E-state index contributed by atoms with van der Waals surface area (Å²) < 4.78 is 4.91. The van der Waals surface area contributed by atoms with E-state index in [1.165, 1.54) is 11.8 Å². The Labute approximate surface area is 112 Å². The van der Waals surface area contributed by atoms with Gasteiger partial charge in [-0.15, -0.1) is 11.8 Å². The molecular weight excluding hydrogens is 254 g/mol. The lowest BCUT2D eigenvalue weighted by Gasteiger charge is -2.37. The summed E-state index contributed by atoms with van der Waals surface area (Å²) in [7, 11) is 1.63. The molecule has 0 bridgehead atoms. The Kier molecular flexibility index (Phi) is 5.95. The summed E-state index contributed by atoms with van der Waals surface area (Å²) in [5.41, 5.74) is -0.787. The highest BCUT2D eigenvalue weighted by atomic mass is 32.2. The maximum atomic E-state index is 11.9. The first-order valence-electron chi connectivity index (χ1n) is 6.07. The summed E-state index contributed by atoms with van der Waals surface area (Å²) in [5, 5.41) is 9.18. The van der Waals surface area contributed by atoms with Crippen LogP contribution in [0.15, 0.2) is 0 Å². The number of amides is 1. The van der Waals surface area contributed by atoms with Gasteiger partial charge in [-0.1, -0.05) is 0 Å². The number of piperidine rings is 1. The maximum Gasteiger partial charge on any atom is 0.311 e. The molecule has 1 N–H and O–H groups in total. The van der Waals surface area contributed by atoms with Gasteiger partial charge in [-0.2, -0.15) is 0 Å². The molecule has 1 unspecified atom stereocenters. The molecule has 1 rings (SSSR count). The third-order valence-corrected chi connectivity index (χ3v) is 4.13.